The van der Waals surface area contributed by atoms with Crippen molar-refractivity contribution in [2.45, 2.75) is 45.1 Å². The van der Waals surface area contributed by atoms with Gasteiger partial charge in [0, 0.05) is 11.6 Å². The van der Waals surface area contributed by atoms with E-state index in [1.165, 1.54) is 31.4 Å². The van der Waals surface area contributed by atoms with Crippen LogP contribution in [0.1, 0.15) is 44.6 Å². The second-order valence-corrected chi connectivity index (χ2v) is 5.30. The van der Waals surface area contributed by atoms with Crippen LogP contribution in [0.25, 0.3) is 0 Å². The Labute approximate surface area is 120 Å². The van der Waals surface area contributed by atoms with Gasteiger partial charge in [0.2, 0.25) is 0 Å². The maximum atomic E-state index is 13.5. The first kappa shape index (κ1) is 14.9. The number of halogens is 1. The predicted molar refractivity (Wildman–Crippen MR) is 77.0 cm³/mol. The van der Waals surface area contributed by atoms with Gasteiger partial charge in [-0.1, -0.05) is 25.2 Å². The van der Waals surface area contributed by atoms with E-state index in [1.54, 1.807) is 6.07 Å². The van der Waals surface area contributed by atoms with Crippen molar-refractivity contribution in [3.8, 4) is 17.6 Å². The zero-order valence-corrected chi connectivity index (χ0v) is 11.9. The average Bonchev–Trinajstić information content (AvgIpc) is 2.45. The first-order valence-corrected chi connectivity index (χ1v) is 7.28. The SMILES string of the molecule is CCC1CCC(Oc2cc(F)cc(C#CCO)c2)CC1. The quantitative estimate of drug-likeness (QED) is 0.856. The number of aliphatic hydroxyl groups is 1. The van der Waals surface area contributed by atoms with Crippen molar-refractivity contribution >= 4 is 0 Å². The lowest BCUT2D eigenvalue weighted by Gasteiger charge is -2.28. The first-order valence-electron chi connectivity index (χ1n) is 7.28. The van der Waals surface area contributed by atoms with Crippen LogP contribution in [0.2, 0.25) is 0 Å². The van der Waals surface area contributed by atoms with Crippen molar-refractivity contribution in [2.24, 2.45) is 5.92 Å². The van der Waals surface area contributed by atoms with Crippen molar-refractivity contribution in [3.05, 3.63) is 29.6 Å². The molecule has 0 atom stereocenters. The third-order valence-electron chi connectivity index (χ3n) is 3.86. The van der Waals surface area contributed by atoms with E-state index in [-0.39, 0.29) is 18.5 Å². The Balaban J connectivity index is 2.00. The highest BCUT2D eigenvalue weighted by molar-refractivity contribution is 5.40. The Kier molecular flexibility index (Phi) is 5.43. The van der Waals surface area contributed by atoms with Crippen LogP contribution >= 0.6 is 0 Å². The molecule has 20 heavy (non-hydrogen) atoms. The minimum absolute atomic E-state index is 0.179. The molecule has 2 rings (SSSR count). The Morgan fingerprint density at radius 3 is 2.65 bits per heavy atom. The average molecular weight is 276 g/mol. The molecule has 0 amide bonds. The molecule has 2 nitrogen and oxygen atoms in total. The highest BCUT2D eigenvalue weighted by Crippen LogP contribution is 2.29. The van der Waals surface area contributed by atoms with E-state index in [4.69, 9.17) is 9.84 Å². The summed E-state index contributed by atoms with van der Waals surface area (Å²) in [6.07, 6.45) is 5.85. The summed E-state index contributed by atoms with van der Waals surface area (Å²) >= 11 is 0. The second-order valence-electron chi connectivity index (χ2n) is 5.30. The lowest BCUT2D eigenvalue weighted by molar-refractivity contribution is 0.129. The van der Waals surface area contributed by atoms with Gasteiger partial charge in [-0.3, -0.25) is 0 Å². The van der Waals surface area contributed by atoms with E-state index in [2.05, 4.69) is 18.8 Å². The lowest BCUT2D eigenvalue weighted by Crippen LogP contribution is -2.23. The van der Waals surface area contributed by atoms with Crippen LogP contribution in [0.3, 0.4) is 0 Å². The van der Waals surface area contributed by atoms with Crippen LogP contribution in [-0.4, -0.2) is 17.8 Å². The van der Waals surface area contributed by atoms with Crippen molar-refractivity contribution in [2.75, 3.05) is 6.61 Å². The van der Waals surface area contributed by atoms with Crippen molar-refractivity contribution in [1.29, 1.82) is 0 Å². The highest BCUT2D eigenvalue weighted by Gasteiger charge is 2.21. The number of aliphatic hydroxyl groups excluding tert-OH is 1. The smallest absolute Gasteiger partial charge is 0.128 e. The van der Waals surface area contributed by atoms with Gasteiger partial charge in [0.05, 0.1) is 6.10 Å². The largest absolute Gasteiger partial charge is 0.490 e. The van der Waals surface area contributed by atoms with E-state index in [0.29, 0.717) is 11.3 Å². The normalized spacial score (nSPS) is 21.9. The summed E-state index contributed by atoms with van der Waals surface area (Å²) in [6, 6.07) is 4.48. The summed E-state index contributed by atoms with van der Waals surface area (Å²) < 4.78 is 19.4. The van der Waals surface area contributed by atoms with E-state index in [0.717, 1.165) is 18.8 Å². The summed E-state index contributed by atoms with van der Waals surface area (Å²) in [7, 11) is 0. The minimum Gasteiger partial charge on any atom is -0.490 e. The summed E-state index contributed by atoms with van der Waals surface area (Å²) in [5.74, 6) is 6.22. The molecule has 0 heterocycles. The molecular weight excluding hydrogens is 255 g/mol. The maximum Gasteiger partial charge on any atom is 0.128 e. The molecule has 1 aromatic carbocycles. The van der Waals surface area contributed by atoms with Gasteiger partial charge in [-0.2, -0.15) is 0 Å². The van der Waals surface area contributed by atoms with Crippen molar-refractivity contribution < 1.29 is 14.2 Å². The molecule has 1 fully saturated rings. The van der Waals surface area contributed by atoms with Gasteiger partial charge in [0.15, 0.2) is 0 Å². The van der Waals surface area contributed by atoms with Crippen LogP contribution in [0.15, 0.2) is 18.2 Å². The van der Waals surface area contributed by atoms with Crippen LogP contribution in [-0.2, 0) is 0 Å². The van der Waals surface area contributed by atoms with Gasteiger partial charge in [-0.05, 0) is 43.7 Å². The molecule has 1 N–H and O–H groups in total. The molecular formula is C17H21FO2. The Morgan fingerprint density at radius 1 is 1.25 bits per heavy atom. The Bertz CT molecular complexity index is 493. The molecule has 1 aliphatic rings. The number of hydrogen-bond acceptors (Lipinski definition) is 2. The fourth-order valence-corrected chi connectivity index (χ4v) is 2.69. The van der Waals surface area contributed by atoms with Crippen LogP contribution < -0.4 is 4.74 Å². The summed E-state index contributed by atoms with van der Waals surface area (Å²) in [5, 5.41) is 8.68. The maximum absolute atomic E-state index is 13.5. The standard InChI is InChI=1S/C17H21FO2/c1-2-13-5-7-16(8-6-13)20-17-11-14(4-3-9-19)10-15(18)12-17/h10-13,16,19H,2,5-9H2,1H3. The Hall–Kier alpha value is -1.53. The van der Waals surface area contributed by atoms with Crippen LogP contribution in [0, 0.1) is 23.6 Å². The molecule has 1 saturated carbocycles. The zero-order valence-electron chi connectivity index (χ0n) is 11.9. The number of ether oxygens (including phenoxy) is 1. The second kappa shape index (κ2) is 7.31. The molecule has 1 aliphatic carbocycles. The fraction of sp³-hybridized carbons (Fsp3) is 0.529. The van der Waals surface area contributed by atoms with E-state index >= 15 is 0 Å². The molecule has 0 unspecified atom stereocenters. The summed E-state index contributed by atoms with van der Waals surface area (Å²) in [5.41, 5.74) is 0.538. The number of hydrogen-bond donors (Lipinski definition) is 1. The number of benzene rings is 1. The van der Waals surface area contributed by atoms with Crippen LogP contribution in [0.4, 0.5) is 4.39 Å². The molecule has 0 bridgehead atoms. The van der Waals surface area contributed by atoms with Gasteiger partial charge in [-0.15, -0.1) is 0 Å². The molecule has 0 spiro atoms. The minimum atomic E-state index is -0.355. The van der Waals surface area contributed by atoms with Gasteiger partial charge < -0.3 is 9.84 Å². The molecule has 0 aliphatic heterocycles. The van der Waals surface area contributed by atoms with E-state index in [1.807, 2.05) is 0 Å². The van der Waals surface area contributed by atoms with E-state index in [9.17, 15) is 4.39 Å². The fourth-order valence-electron chi connectivity index (χ4n) is 2.69. The molecule has 1 aromatic rings. The third-order valence-corrected chi connectivity index (χ3v) is 3.86. The van der Waals surface area contributed by atoms with Crippen molar-refractivity contribution in [3.63, 3.8) is 0 Å². The van der Waals surface area contributed by atoms with Gasteiger partial charge in [0.1, 0.15) is 18.2 Å². The topological polar surface area (TPSA) is 29.5 Å². The molecule has 0 radical (unpaired) electrons. The van der Waals surface area contributed by atoms with Gasteiger partial charge in [0.25, 0.3) is 0 Å². The summed E-state index contributed by atoms with van der Waals surface area (Å²) in [6.45, 7) is 2.00. The van der Waals surface area contributed by atoms with Gasteiger partial charge >= 0.3 is 0 Å². The van der Waals surface area contributed by atoms with Crippen molar-refractivity contribution in [1.82, 2.24) is 0 Å². The Morgan fingerprint density at radius 2 is 2.00 bits per heavy atom. The highest BCUT2D eigenvalue weighted by atomic mass is 19.1. The molecule has 108 valence electrons. The van der Waals surface area contributed by atoms with Crippen LogP contribution in [0.5, 0.6) is 5.75 Å². The molecule has 3 heteroatoms. The van der Waals surface area contributed by atoms with Gasteiger partial charge in [-0.25, -0.2) is 4.39 Å². The first-order chi connectivity index (χ1) is 9.71. The zero-order chi connectivity index (χ0) is 14.4. The molecule has 0 aromatic heterocycles. The summed E-state index contributed by atoms with van der Waals surface area (Å²) in [4.78, 5) is 0. The third kappa shape index (κ3) is 4.25. The molecule has 0 saturated heterocycles. The number of rotatable bonds is 3. The van der Waals surface area contributed by atoms with E-state index < -0.39 is 0 Å². The predicted octanol–water partition coefficient (Wildman–Crippen LogP) is 3.52. The monoisotopic (exact) mass is 276 g/mol. The lowest BCUT2D eigenvalue weighted by atomic mass is 9.86.